The van der Waals surface area contributed by atoms with Crippen LogP contribution in [0.3, 0.4) is 0 Å². The fourth-order valence-corrected chi connectivity index (χ4v) is 4.05. The molecule has 31 heavy (non-hydrogen) atoms. The smallest absolute Gasteiger partial charge is 0.199 e. The van der Waals surface area contributed by atoms with Crippen molar-refractivity contribution in [1.29, 1.82) is 0 Å². The Morgan fingerprint density at radius 2 is 1.19 bits per heavy atom. The van der Waals surface area contributed by atoms with E-state index >= 15 is 0 Å². The topological polar surface area (TPSA) is 9.49 Å². The minimum Gasteiger partial charge on any atom is -0.378 e. The van der Waals surface area contributed by atoms with Gasteiger partial charge in [0.2, 0.25) is 0 Å². The Bertz CT molecular complexity index is 1060. The number of benzene rings is 2. The van der Waals surface area contributed by atoms with Crippen LogP contribution in [0.2, 0.25) is 0 Å². The molecule has 0 aromatic heterocycles. The van der Waals surface area contributed by atoms with Crippen molar-refractivity contribution in [3.63, 3.8) is 0 Å². The van der Waals surface area contributed by atoms with Gasteiger partial charge in [-0.05, 0) is 90.1 Å². The third-order valence-corrected chi connectivity index (χ3v) is 5.99. The normalized spacial score (nSPS) is 13.3. The average molecular weight is 415 g/mol. The van der Waals surface area contributed by atoms with Gasteiger partial charge in [0.15, 0.2) is 5.71 Å². The molecular formula is C28H36N3+. The lowest BCUT2D eigenvalue weighted by atomic mass is 9.84. The summed E-state index contributed by atoms with van der Waals surface area (Å²) in [6.07, 6.45) is 6.77. The maximum absolute atomic E-state index is 2.28. The zero-order chi connectivity index (χ0) is 22.9. The molecule has 1 aliphatic rings. The van der Waals surface area contributed by atoms with Crippen molar-refractivity contribution in [3.05, 3.63) is 88.0 Å². The van der Waals surface area contributed by atoms with E-state index in [1.165, 1.54) is 56.1 Å². The first-order valence-corrected chi connectivity index (χ1v) is 10.8. The monoisotopic (exact) mass is 414 g/mol. The van der Waals surface area contributed by atoms with Gasteiger partial charge in [-0.25, -0.2) is 4.58 Å². The Morgan fingerprint density at radius 1 is 0.710 bits per heavy atom. The van der Waals surface area contributed by atoms with Crippen LogP contribution in [0.1, 0.15) is 29.2 Å². The van der Waals surface area contributed by atoms with Gasteiger partial charge in [-0.15, -0.1) is 0 Å². The molecule has 0 spiro atoms. The van der Waals surface area contributed by atoms with Crippen LogP contribution < -0.4 is 9.80 Å². The highest BCUT2D eigenvalue weighted by molar-refractivity contribution is 6.05. The zero-order valence-electron chi connectivity index (χ0n) is 20.5. The average Bonchev–Trinajstić information content (AvgIpc) is 2.70. The first-order chi connectivity index (χ1) is 14.6. The van der Waals surface area contributed by atoms with E-state index in [0.717, 1.165) is 0 Å². The van der Waals surface area contributed by atoms with E-state index in [9.17, 15) is 0 Å². The van der Waals surface area contributed by atoms with Gasteiger partial charge >= 0.3 is 0 Å². The van der Waals surface area contributed by atoms with E-state index in [1.54, 1.807) is 0 Å². The molecule has 0 saturated heterocycles. The fourth-order valence-electron chi connectivity index (χ4n) is 4.05. The van der Waals surface area contributed by atoms with Crippen molar-refractivity contribution in [2.75, 3.05) is 52.1 Å². The largest absolute Gasteiger partial charge is 0.378 e. The fraction of sp³-hybridized carbons (Fsp3) is 0.321. The number of rotatable bonds is 4. The van der Waals surface area contributed by atoms with E-state index in [4.69, 9.17) is 0 Å². The third kappa shape index (κ3) is 4.66. The Kier molecular flexibility index (Phi) is 6.54. The van der Waals surface area contributed by atoms with Crippen LogP contribution in [-0.2, 0) is 0 Å². The highest BCUT2D eigenvalue weighted by atomic mass is 15.1. The Balaban J connectivity index is 2.31. The lowest BCUT2D eigenvalue weighted by Crippen LogP contribution is -2.13. The van der Waals surface area contributed by atoms with Crippen LogP contribution in [0.25, 0.3) is 5.57 Å². The molecule has 3 nitrogen and oxygen atoms in total. The number of anilines is 2. The summed E-state index contributed by atoms with van der Waals surface area (Å²) in [4.78, 5) is 4.31. The summed E-state index contributed by atoms with van der Waals surface area (Å²) in [5, 5.41) is 0. The molecule has 0 N–H and O–H groups in total. The molecule has 0 atom stereocenters. The Labute approximate surface area is 188 Å². The van der Waals surface area contributed by atoms with Gasteiger partial charge < -0.3 is 9.80 Å². The van der Waals surface area contributed by atoms with Crippen LogP contribution in [0, 0.1) is 13.8 Å². The Hall–Kier alpha value is -3.07. The van der Waals surface area contributed by atoms with Crippen LogP contribution in [0.4, 0.5) is 11.4 Å². The van der Waals surface area contributed by atoms with E-state index in [1.807, 2.05) is 0 Å². The van der Waals surface area contributed by atoms with Crippen LogP contribution in [0.15, 0.2) is 65.8 Å². The molecule has 1 aliphatic carbocycles. The SMILES string of the molecule is CC1=CC(=[N+](C)C)C=CC1=C(c1ccc(N(C)C)cc1C)c1ccc(N(C)C)cc1C. The molecule has 2 aromatic rings. The van der Waals surface area contributed by atoms with E-state index in [-0.39, 0.29) is 0 Å². The number of hydrogen-bond donors (Lipinski definition) is 0. The van der Waals surface area contributed by atoms with Crippen LogP contribution >= 0.6 is 0 Å². The van der Waals surface area contributed by atoms with E-state index < -0.39 is 0 Å². The number of nitrogens with zero attached hydrogens (tertiary/aromatic N) is 3. The van der Waals surface area contributed by atoms with Gasteiger partial charge in [-0.1, -0.05) is 12.1 Å². The molecule has 0 amide bonds. The predicted octanol–water partition coefficient (Wildman–Crippen LogP) is 5.47. The molecular weight excluding hydrogens is 378 g/mol. The molecule has 0 radical (unpaired) electrons. The minimum absolute atomic E-state index is 1.22. The van der Waals surface area contributed by atoms with E-state index in [2.05, 4.69) is 132 Å². The Morgan fingerprint density at radius 3 is 1.55 bits per heavy atom. The number of aryl methyl sites for hydroxylation is 2. The van der Waals surface area contributed by atoms with Crippen molar-refractivity contribution >= 4 is 22.7 Å². The first-order valence-electron chi connectivity index (χ1n) is 10.8. The molecule has 0 heterocycles. The second-order valence-electron chi connectivity index (χ2n) is 9.06. The second kappa shape index (κ2) is 8.97. The molecule has 0 saturated carbocycles. The maximum Gasteiger partial charge on any atom is 0.199 e. The second-order valence-corrected chi connectivity index (χ2v) is 9.06. The standard InChI is InChI=1S/C28H36N3/c1-19-16-22(29(4)5)10-13-25(19)28(26-14-11-23(30(6)7)17-20(26)2)27-15-12-24(31(8)9)18-21(27)3/h10-18H,1-9H3/q+1. The quantitative estimate of drug-likeness (QED) is 0.614. The summed E-state index contributed by atoms with van der Waals surface area (Å²) in [5.41, 5.74) is 12.7. The van der Waals surface area contributed by atoms with Crippen molar-refractivity contribution in [2.45, 2.75) is 20.8 Å². The predicted molar refractivity (Wildman–Crippen MR) is 137 cm³/mol. The zero-order valence-corrected chi connectivity index (χ0v) is 20.5. The summed E-state index contributed by atoms with van der Waals surface area (Å²) in [5.74, 6) is 0. The van der Waals surface area contributed by atoms with Gasteiger partial charge in [-0.2, -0.15) is 0 Å². The lowest BCUT2D eigenvalue weighted by molar-refractivity contribution is -0.462. The number of allylic oxidation sites excluding steroid dienone is 5. The highest BCUT2D eigenvalue weighted by Crippen LogP contribution is 2.37. The van der Waals surface area contributed by atoms with Crippen LogP contribution in [-0.4, -0.2) is 52.6 Å². The van der Waals surface area contributed by atoms with Gasteiger partial charge in [0.05, 0.1) is 0 Å². The molecule has 162 valence electrons. The summed E-state index contributed by atoms with van der Waals surface area (Å²) >= 11 is 0. The van der Waals surface area contributed by atoms with E-state index in [0.29, 0.717) is 0 Å². The van der Waals surface area contributed by atoms with Gasteiger partial charge in [0, 0.05) is 51.7 Å². The summed E-state index contributed by atoms with van der Waals surface area (Å²) in [6, 6.07) is 13.5. The van der Waals surface area contributed by atoms with Crippen molar-refractivity contribution in [2.24, 2.45) is 0 Å². The molecule has 0 bridgehead atoms. The van der Waals surface area contributed by atoms with Crippen molar-refractivity contribution in [1.82, 2.24) is 0 Å². The number of hydrogen-bond acceptors (Lipinski definition) is 2. The third-order valence-electron chi connectivity index (χ3n) is 5.99. The molecule has 3 rings (SSSR count). The van der Waals surface area contributed by atoms with Gasteiger partial charge in [0.25, 0.3) is 0 Å². The molecule has 0 aliphatic heterocycles. The van der Waals surface area contributed by atoms with Gasteiger partial charge in [0.1, 0.15) is 14.1 Å². The minimum atomic E-state index is 1.22. The van der Waals surface area contributed by atoms with Crippen molar-refractivity contribution < 1.29 is 4.58 Å². The molecule has 2 aromatic carbocycles. The summed E-state index contributed by atoms with van der Waals surface area (Å²) in [6.45, 7) is 6.65. The summed E-state index contributed by atoms with van der Waals surface area (Å²) < 4.78 is 2.16. The molecule has 3 heteroatoms. The summed E-state index contributed by atoms with van der Waals surface area (Å²) in [7, 11) is 12.5. The maximum atomic E-state index is 2.28. The molecule has 0 fully saturated rings. The first kappa shape index (κ1) is 22.6. The highest BCUT2D eigenvalue weighted by Gasteiger charge is 2.20. The molecule has 0 unspecified atom stereocenters. The van der Waals surface area contributed by atoms with Crippen molar-refractivity contribution in [3.8, 4) is 0 Å². The van der Waals surface area contributed by atoms with Crippen LogP contribution in [0.5, 0.6) is 0 Å². The van der Waals surface area contributed by atoms with Gasteiger partial charge in [-0.3, -0.25) is 0 Å². The lowest BCUT2D eigenvalue weighted by Gasteiger charge is -2.23.